The number of hydrogen-bond acceptors (Lipinski definition) is 8. The molecule has 1 N–H and O–H groups in total. The van der Waals surface area contributed by atoms with E-state index in [-0.39, 0.29) is 16.5 Å². The summed E-state index contributed by atoms with van der Waals surface area (Å²) in [5, 5.41) is 23.3. The summed E-state index contributed by atoms with van der Waals surface area (Å²) in [5.41, 5.74) is 3.18. The molecular formula is C22H24N6O3S. The number of aromatic nitrogens is 2. The van der Waals surface area contributed by atoms with Crippen molar-refractivity contribution in [2.75, 3.05) is 31.1 Å². The van der Waals surface area contributed by atoms with E-state index in [4.69, 9.17) is 0 Å². The molecule has 1 amide bonds. The maximum atomic E-state index is 12.4. The molecule has 1 saturated heterocycles. The van der Waals surface area contributed by atoms with E-state index in [0.29, 0.717) is 18.1 Å². The van der Waals surface area contributed by atoms with Gasteiger partial charge in [0.15, 0.2) is 0 Å². The number of nitrogens with one attached hydrogen (secondary N) is 1. The average molecular weight is 453 g/mol. The predicted octanol–water partition coefficient (Wildman–Crippen LogP) is 3.01. The van der Waals surface area contributed by atoms with Gasteiger partial charge in [0.05, 0.1) is 11.5 Å². The molecule has 0 atom stereocenters. The standard InChI is InChI=1S/C22H24N6O3S/c1-16-5-7-17(8-6-16)14-23-21(29)22-25-24-20(32-22)15-26-9-11-27(12-10-26)18-3-2-4-19(13-18)28(30)31/h2-8,13H,9-12,14-15H2,1H3,(H,23,29). The lowest BCUT2D eigenvalue weighted by Crippen LogP contribution is -2.45. The number of carbonyl (C=O) groups is 1. The quantitative estimate of drug-likeness (QED) is 0.434. The summed E-state index contributed by atoms with van der Waals surface area (Å²) >= 11 is 1.31. The Kier molecular flexibility index (Phi) is 6.72. The molecule has 2 heterocycles. The Morgan fingerprint density at radius 1 is 1.12 bits per heavy atom. The Morgan fingerprint density at radius 2 is 1.88 bits per heavy atom. The third kappa shape index (κ3) is 5.45. The van der Waals surface area contributed by atoms with Crippen LogP contribution in [0.2, 0.25) is 0 Å². The highest BCUT2D eigenvalue weighted by Crippen LogP contribution is 2.23. The molecule has 1 fully saturated rings. The van der Waals surface area contributed by atoms with E-state index in [1.165, 1.54) is 23.0 Å². The Hall–Kier alpha value is -3.37. The molecule has 1 aromatic heterocycles. The Morgan fingerprint density at radius 3 is 2.59 bits per heavy atom. The number of rotatable bonds is 7. The third-order valence-electron chi connectivity index (χ3n) is 5.37. The second-order valence-electron chi connectivity index (χ2n) is 7.71. The number of amides is 1. The molecule has 4 rings (SSSR count). The van der Waals surface area contributed by atoms with Gasteiger partial charge in [-0.15, -0.1) is 10.2 Å². The Bertz CT molecular complexity index is 1090. The van der Waals surface area contributed by atoms with Gasteiger partial charge < -0.3 is 10.2 Å². The first-order valence-electron chi connectivity index (χ1n) is 10.4. The van der Waals surface area contributed by atoms with E-state index in [0.717, 1.165) is 42.4 Å². The molecule has 0 bridgehead atoms. The van der Waals surface area contributed by atoms with Crippen LogP contribution in [0.15, 0.2) is 48.5 Å². The fourth-order valence-electron chi connectivity index (χ4n) is 3.53. The lowest BCUT2D eigenvalue weighted by molar-refractivity contribution is -0.384. The molecule has 0 spiro atoms. The maximum Gasteiger partial charge on any atom is 0.282 e. The summed E-state index contributed by atoms with van der Waals surface area (Å²) in [7, 11) is 0. The molecule has 32 heavy (non-hydrogen) atoms. The molecule has 166 valence electrons. The number of nitro groups is 1. The van der Waals surface area contributed by atoms with Crippen LogP contribution in [0.25, 0.3) is 0 Å². The second kappa shape index (κ2) is 9.84. The summed E-state index contributed by atoms with van der Waals surface area (Å²) in [5.74, 6) is -0.218. The van der Waals surface area contributed by atoms with Gasteiger partial charge in [-0.1, -0.05) is 47.2 Å². The fraction of sp³-hybridized carbons (Fsp3) is 0.318. The van der Waals surface area contributed by atoms with Gasteiger partial charge in [0.25, 0.3) is 11.6 Å². The minimum absolute atomic E-state index is 0.104. The Labute approximate surface area is 189 Å². The minimum Gasteiger partial charge on any atom is -0.369 e. The van der Waals surface area contributed by atoms with Gasteiger partial charge in [-0.3, -0.25) is 19.8 Å². The van der Waals surface area contributed by atoms with E-state index >= 15 is 0 Å². The molecule has 2 aromatic carbocycles. The van der Waals surface area contributed by atoms with Crippen molar-refractivity contribution >= 4 is 28.6 Å². The predicted molar refractivity (Wildman–Crippen MR) is 123 cm³/mol. The van der Waals surface area contributed by atoms with Gasteiger partial charge in [-0.25, -0.2) is 0 Å². The number of non-ortho nitro benzene ring substituents is 1. The number of nitrogens with zero attached hydrogens (tertiary/aromatic N) is 5. The van der Waals surface area contributed by atoms with E-state index in [2.05, 4.69) is 25.3 Å². The minimum atomic E-state index is -0.371. The number of aryl methyl sites for hydroxylation is 1. The summed E-state index contributed by atoms with van der Waals surface area (Å²) in [6.45, 7) is 6.25. The highest BCUT2D eigenvalue weighted by Gasteiger charge is 2.21. The van der Waals surface area contributed by atoms with Crippen LogP contribution in [0, 0.1) is 17.0 Å². The number of nitro benzene ring substituents is 1. The van der Waals surface area contributed by atoms with E-state index < -0.39 is 0 Å². The first-order chi connectivity index (χ1) is 15.5. The topological polar surface area (TPSA) is 104 Å². The monoisotopic (exact) mass is 452 g/mol. The highest BCUT2D eigenvalue weighted by molar-refractivity contribution is 7.13. The van der Waals surface area contributed by atoms with Crippen molar-refractivity contribution in [2.45, 2.75) is 20.0 Å². The van der Waals surface area contributed by atoms with E-state index in [1.54, 1.807) is 12.1 Å². The highest BCUT2D eigenvalue weighted by atomic mass is 32.1. The molecule has 1 aliphatic heterocycles. The average Bonchev–Trinajstić information content (AvgIpc) is 3.27. The van der Waals surface area contributed by atoms with Crippen LogP contribution in [-0.2, 0) is 13.1 Å². The molecule has 0 unspecified atom stereocenters. The van der Waals surface area contributed by atoms with Gasteiger partial charge in [0.2, 0.25) is 5.01 Å². The summed E-state index contributed by atoms with van der Waals surface area (Å²) in [6.07, 6.45) is 0. The molecule has 0 aliphatic carbocycles. The van der Waals surface area contributed by atoms with Crippen LogP contribution in [0.4, 0.5) is 11.4 Å². The van der Waals surface area contributed by atoms with Crippen molar-refractivity contribution < 1.29 is 9.72 Å². The number of carbonyl (C=O) groups excluding carboxylic acids is 1. The maximum absolute atomic E-state index is 12.4. The van der Waals surface area contributed by atoms with Crippen LogP contribution in [0.1, 0.15) is 25.9 Å². The van der Waals surface area contributed by atoms with E-state index in [9.17, 15) is 14.9 Å². The normalized spacial score (nSPS) is 14.3. The Balaban J connectivity index is 1.27. The molecule has 9 nitrogen and oxygen atoms in total. The first-order valence-corrected chi connectivity index (χ1v) is 11.2. The summed E-state index contributed by atoms with van der Waals surface area (Å²) < 4.78 is 0. The molecule has 1 aliphatic rings. The van der Waals surface area contributed by atoms with Crippen LogP contribution in [-0.4, -0.2) is 52.1 Å². The fourth-order valence-corrected chi connectivity index (χ4v) is 4.33. The zero-order valence-corrected chi connectivity index (χ0v) is 18.5. The van der Waals surface area contributed by atoms with Crippen LogP contribution < -0.4 is 10.2 Å². The van der Waals surface area contributed by atoms with E-state index in [1.807, 2.05) is 37.3 Å². The SMILES string of the molecule is Cc1ccc(CNC(=O)c2nnc(CN3CCN(c4cccc([N+](=O)[O-])c4)CC3)s2)cc1. The lowest BCUT2D eigenvalue weighted by Gasteiger charge is -2.35. The number of benzene rings is 2. The molecule has 0 radical (unpaired) electrons. The molecular weight excluding hydrogens is 428 g/mol. The third-order valence-corrected chi connectivity index (χ3v) is 6.28. The zero-order valence-electron chi connectivity index (χ0n) is 17.7. The van der Waals surface area contributed by atoms with Crippen molar-refractivity contribution in [3.63, 3.8) is 0 Å². The van der Waals surface area contributed by atoms with Crippen molar-refractivity contribution in [3.05, 3.63) is 79.8 Å². The van der Waals surface area contributed by atoms with Gasteiger partial charge in [-0.05, 0) is 18.6 Å². The molecule has 0 saturated carbocycles. The number of anilines is 1. The van der Waals surface area contributed by atoms with Gasteiger partial charge >= 0.3 is 0 Å². The van der Waals surface area contributed by atoms with Gasteiger partial charge in [-0.2, -0.15) is 0 Å². The largest absolute Gasteiger partial charge is 0.369 e. The van der Waals surface area contributed by atoms with Crippen molar-refractivity contribution in [3.8, 4) is 0 Å². The van der Waals surface area contributed by atoms with Crippen molar-refractivity contribution in [1.29, 1.82) is 0 Å². The van der Waals surface area contributed by atoms with Crippen LogP contribution in [0.3, 0.4) is 0 Å². The van der Waals surface area contributed by atoms with Crippen LogP contribution in [0.5, 0.6) is 0 Å². The summed E-state index contributed by atoms with van der Waals surface area (Å²) in [6, 6.07) is 14.8. The number of piperazine rings is 1. The molecule has 10 heteroatoms. The zero-order chi connectivity index (χ0) is 22.5. The number of hydrogen-bond donors (Lipinski definition) is 1. The van der Waals surface area contributed by atoms with Crippen molar-refractivity contribution in [1.82, 2.24) is 20.4 Å². The smallest absolute Gasteiger partial charge is 0.282 e. The second-order valence-corrected chi connectivity index (χ2v) is 8.77. The van der Waals surface area contributed by atoms with Crippen LogP contribution >= 0.6 is 11.3 Å². The summed E-state index contributed by atoms with van der Waals surface area (Å²) in [4.78, 5) is 27.4. The lowest BCUT2D eigenvalue weighted by atomic mass is 10.1. The van der Waals surface area contributed by atoms with Gasteiger partial charge in [0.1, 0.15) is 5.01 Å². The first kappa shape index (κ1) is 21.8. The van der Waals surface area contributed by atoms with Crippen molar-refractivity contribution in [2.24, 2.45) is 0 Å². The molecule has 3 aromatic rings. The van der Waals surface area contributed by atoms with Gasteiger partial charge in [0, 0.05) is 50.5 Å².